The Morgan fingerprint density at radius 1 is 0.769 bits per heavy atom. The molecule has 0 saturated heterocycles. The first-order valence-corrected chi connectivity index (χ1v) is 10.9. The quantitative estimate of drug-likeness (QED) is 0.185. The van der Waals surface area contributed by atoms with Gasteiger partial charge in [0.15, 0.2) is 0 Å². The third-order valence-electron chi connectivity index (χ3n) is 4.04. The highest BCUT2D eigenvalue weighted by atomic mass is 31.1. The van der Waals surface area contributed by atoms with Gasteiger partial charge in [0.1, 0.15) is 0 Å². The Labute approximate surface area is 162 Å². The molecule has 0 aliphatic rings. The number of hydrogen-bond acceptors (Lipinski definition) is 3. The van der Waals surface area contributed by atoms with Gasteiger partial charge in [-0.05, 0) is 32.1 Å². The van der Waals surface area contributed by atoms with Crippen LogP contribution in [-0.4, -0.2) is 35.3 Å². The average molecular weight is 395 g/mol. The van der Waals surface area contributed by atoms with Crippen molar-refractivity contribution in [3.05, 3.63) is 12.2 Å². The van der Waals surface area contributed by atoms with Gasteiger partial charge in [-0.1, -0.05) is 76.9 Å². The molecule has 0 aliphatic carbocycles. The van der Waals surface area contributed by atoms with E-state index in [0.717, 1.165) is 13.0 Å². The van der Waals surface area contributed by atoms with Crippen LogP contribution in [-0.2, 0) is 9.30 Å². The van der Waals surface area contributed by atoms with Gasteiger partial charge in [0.25, 0.3) is 0 Å². The second kappa shape index (κ2) is 32.4. The Bertz CT molecular complexity index is 263. The molecular formula is C20H43O5P. The highest BCUT2D eigenvalue weighted by Crippen LogP contribution is 2.09. The van der Waals surface area contributed by atoms with E-state index in [1.165, 1.54) is 83.5 Å². The number of rotatable bonds is 18. The molecule has 0 aliphatic heterocycles. The summed E-state index contributed by atoms with van der Waals surface area (Å²) < 4.78 is 13.7. The van der Waals surface area contributed by atoms with Gasteiger partial charge in [0, 0.05) is 6.61 Å². The third-order valence-corrected chi connectivity index (χ3v) is 4.04. The van der Waals surface area contributed by atoms with Gasteiger partial charge in [-0.3, -0.25) is 0 Å². The number of ether oxygens (including phenoxy) is 1. The molecule has 0 bridgehead atoms. The maximum atomic E-state index is 8.57. The van der Waals surface area contributed by atoms with Crippen molar-refractivity contribution in [3.63, 3.8) is 0 Å². The first-order valence-electron chi connectivity index (χ1n) is 10.1. The van der Waals surface area contributed by atoms with E-state index in [0.29, 0.717) is 6.61 Å². The molecule has 26 heavy (non-hydrogen) atoms. The van der Waals surface area contributed by atoms with E-state index in [1.54, 1.807) is 0 Å². The van der Waals surface area contributed by atoms with Crippen molar-refractivity contribution >= 4 is 8.69 Å². The van der Waals surface area contributed by atoms with Gasteiger partial charge in [0.2, 0.25) is 0 Å². The molecule has 158 valence electrons. The first kappa shape index (κ1) is 30.4. The van der Waals surface area contributed by atoms with Crippen molar-refractivity contribution in [1.29, 1.82) is 0 Å². The van der Waals surface area contributed by atoms with Crippen LogP contribution < -0.4 is 0 Å². The lowest BCUT2D eigenvalue weighted by Crippen LogP contribution is -2.00. The van der Waals surface area contributed by atoms with Crippen molar-refractivity contribution in [2.75, 3.05) is 19.8 Å². The molecule has 0 unspecified atom stereocenters. The molecule has 6 heteroatoms. The molecule has 5 nitrogen and oxygen atoms in total. The summed E-state index contributed by atoms with van der Waals surface area (Å²) in [5, 5.41) is 8.57. The van der Waals surface area contributed by atoms with Crippen molar-refractivity contribution in [3.8, 4) is 0 Å². The molecule has 0 amide bonds. The molecule has 0 spiro atoms. The van der Waals surface area contributed by atoms with E-state index in [1.807, 2.05) is 0 Å². The minimum Gasteiger partial charge on any atom is -0.412 e. The Kier molecular flexibility index (Phi) is 37.8. The predicted molar refractivity (Wildman–Crippen MR) is 111 cm³/mol. The second-order valence-corrected chi connectivity index (χ2v) is 6.52. The maximum absolute atomic E-state index is 8.57. The van der Waals surface area contributed by atoms with Gasteiger partial charge in [-0.2, -0.15) is 0 Å². The summed E-state index contributed by atoms with van der Waals surface area (Å²) in [4.78, 5) is 6.99. The molecule has 0 saturated carbocycles. The Morgan fingerprint density at radius 3 is 1.65 bits per heavy atom. The van der Waals surface area contributed by atoms with Gasteiger partial charge < -0.3 is 20.2 Å². The number of aliphatic hydroxyl groups is 1. The largest absolute Gasteiger partial charge is 0.412 e. The topological polar surface area (TPSA) is 98.3 Å². The maximum Gasteiger partial charge on any atom is 0.324 e. The Hall–Kier alpha value is -0.320. The Morgan fingerprint density at radius 2 is 1.19 bits per heavy atom. The van der Waals surface area contributed by atoms with Crippen LogP contribution in [0.1, 0.15) is 96.8 Å². The highest BCUT2D eigenvalue weighted by Gasteiger charge is 1.92. The van der Waals surface area contributed by atoms with E-state index in [9.17, 15) is 0 Å². The molecule has 0 heterocycles. The zero-order valence-corrected chi connectivity index (χ0v) is 17.7. The molecule has 4 N–H and O–H groups in total. The van der Waals surface area contributed by atoms with Gasteiger partial charge in [-0.25, -0.2) is 4.57 Å². The fourth-order valence-corrected chi connectivity index (χ4v) is 2.62. The van der Waals surface area contributed by atoms with Crippen LogP contribution in [0.4, 0.5) is 0 Å². The number of unbranched alkanes of at least 4 members (excludes halogenated alkanes) is 12. The minimum absolute atomic E-state index is 0. The summed E-state index contributed by atoms with van der Waals surface area (Å²) >= 11 is 0. The van der Waals surface area contributed by atoms with Crippen LogP contribution in [0.5, 0.6) is 0 Å². The highest BCUT2D eigenvalue weighted by molar-refractivity contribution is 7.16. The summed E-state index contributed by atoms with van der Waals surface area (Å²) in [6, 6.07) is 0. The molecular weight excluding hydrogens is 351 g/mol. The van der Waals surface area contributed by atoms with Gasteiger partial charge >= 0.3 is 8.69 Å². The van der Waals surface area contributed by atoms with E-state index in [4.69, 9.17) is 19.3 Å². The molecule has 0 atom stereocenters. The summed E-state index contributed by atoms with van der Waals surface area (Å²) in [5.41, 5.74) is 0. The molecule has 0 aromatic carbocycles. The number of hydrogen-bond donors (Lipinski definition) is 2. The number of allylic oxidation sites excluding steroid dienone is 2. The molecule has 0 rings (SSSR count). The van der Waals surface area contributed by atoms with Crippen LogP contribution in [0.2, 0.25) is 0 Å². The van der Waals surface area contributed by atoms with E-state index < -0.39 is 8.69 Å². The number of aliphatic hydroxyl groups excluding tert-OH is 1. The minimum atomic E-state index is -0.833. The fourth-order valence-electron chi connectivity index (χ4n) is 2.62. The van der Waals surface area contributed by atoms with Crippen molar-refractivity contribution in [1.82, 2.24) is 0 Å². The SMILES string of the molecule is CCCCCCCC/C=C\CCCCCCCCOCCO.O.O=PO. The third kappa shape index (κ3) is 34.9. The van der Waals surface area contributed by atoms with Crippen LogP contribution in [0.25, 0.3) is 0 Å². The molecule has 0 fully saturated rings. The zero-order valence-electron chi connectivity index (χ0n) is 16.8. The Balaban J connectivity index is -0.00000123. The van der Waals surface area contributed by atoms with Crippen LogP contribution in [0.15, 0.2) is 12.2 Å². The fraction of sp³-hybridized carbons (Fsp3) is 0.900. The normalized spacial score (nSPS) is 10.6. The first-order chi connectivity index (χ1) is 12.3. The molecule has 0 aromatic rings. The van der Waals surface area contributed by atoms with Gasteiger partial charge in [-0.15, -0.1) is 0 Å². The van der Waals surface area contributed by atoms with Crippen LogP contribution in [0, 0.1) is 0 Å². The predicted octanol–water partition coefficient (Wildman–Crippen LogP) is 5.39. The van der Waals surface area contributed by atoms with Crippen molar-refractivity contribution < 1.29 is 24.8 Å². The molecule has 0 radical (unpaired) electrons. The van der Waals surface area contributed by atoms with Crippen LogP contribution in [0.3, 0.4) is 0 Å². The lowest BCUT2D eigenvalue weighted by atomic mass is 10.1. The summed E-state index contributed by atoms with van der Waals surface area (Å²) in [7, 11) is -0.833. The van der Waals surface area contributed by atoms with Crippen molar-refractivity contribution in [2.45, 2.75) is 96.8 Å². The summed E-state index contributed by atoms with van der Waals surface area (Å²) in [5.74, 6) is 0. The smallest absolute Gasteiger partial charge is 0.324 e. The van der Waals surface area contributed by atoms with Crippen molar-refractivity contribution in [2.24, 2.45) is 0 Å². The monoisotopic (exact) mass is 394 g/mol. The summed E-state index contributed by atoms with van der Waals surface area (Å²) in [6.45, 7) is 3.72. The summed E-state index contributed by atoms with van der Waals surface area (Å²) in [6.07, 6.45) is 23.5. The lowest BCUT2D eigenvalue weighted by molar-refractivity contribution is 0.0895. The lowest BCUT2D eigenvalue weighted by Gasteiger charge is -2.02. The van der Waals surface area contributed by atoms with Gasteiger partial charge in [0.05, 0.1) is 13.2 Å². The van der Waals surface area contributed by atoms with E-state index in [-0.39, 0.29) is 12.1 Å². The van der Waals surface area contributed by atoms with E-state index in [2.05, 4.69) is 19.1 Å². The standard InChI is InChI=1S/C20H40O2.HO2P.H2O/c1-2-3-4-5-6-7-8-9-10-11-12-13-14-15-16-17-19-22-20-18-21;1-3-2;/h9-10,21H,2-8,11-20H2,1H3;(H,1,2);1H2/b10-9-;;. The second-order valence-electron chi connectivity index (χ2n) is 6.36. The van der Waals surface area contributed by atoms with Crippen LogP contribution >= 0.6 is 8.69 Å². The average Bonchev–Trinajstić information content (AvgIpc) is 2.61. The van der Waals surface area contributed by atoms with E-state index >= 15 is 0 Å². The molecule has 0 aromatic heterocycles. The zero-order chi connectivity index (χ0) is 18.8.